The number of nitrogens with zero attached hydrogens (tertiary/aromatic N) is 1. The molecule has 0 saturated carbocycles. The topological polar surface area (TPSA) is 87.6 Å². The summed E-state index contributed by atoms with van der Waals surface area (Å²) in [5, 5.41) is 10.9. The van der Waals surface area contributed by atoms with E-state index >= 15 is 0 Å². The SMILES string of the molecule is NCc1ccc(OCCCOCC(F)(F)F)c([N+](=O)[O-])c1. The zero-order valence-electron chi connectivity index (χ0n) is 11.1. The highest BCUT2D eigenvalue weighted by Crippen LogP contribution is 2.28. The lowest BCUT2D eigenvalue weighted by Gasteiger charge is -2.09. The highest BCUT2D eigenvalue weighted by molar-refractivity contribution is 5.48. The van der Waals surface area contributed by atoms with E-state index in [-0.39, 0.29) is 37.6 Å². The number of ether oxygens (including phenoxy) is 2. The zero-order chi connectivity index (χ0) is 15.9. The fourth-order valence-electron chi connectivity index (χ4n) is 1.49. The summed E-state index contributed by atoms with van der Waals surface area (Å²) in [6, 6.07) is 4.30. The van der Waals surface area contributed by atoms with Gasteiger partial charge in [0.15, 0.2) is 5.75 Å². The highest BCUT2D eigenvalue weighted by atomic mass is 19.4. The van der Waals surface area contributed by atoms with E-state index in [9.17, 15) is 23.3 Å². The largest absolute Gasteiger partial charge is 0.487 e. The molecule has 9 heteroatoms. The van der Waals surface area contributed by atoms with Crippen molar-refractivity contribution in [2.45, 2.75) is 19.1 Å². The average molecular weight is 308 g/mol. The minimum Gasteiger partial charge on any atom is -0.487 e. The van der Waals surface area contributed by atoms with Gasteiger partial charge in [0.2, 0.25) is 0 Å². The van der Waals surface area contributed by atoms with Gasteiger partial charge in [0.1, 0.15) is 6.61 Å². The van der Waals surface area contributed by atoms with Crippen molar-refractivity contribution in [2.24, 2.45) is 5.73 Å². The van der Waals surface area contributed by atoms with E-state index in [0.717, 1.165) is 0 Å². The van der Waals surface area contributed by atoms with Gasteiger partial charge in [0.05, 0.1) is 18.1 Å². The molecular formula is C12H15F3N2O4. The van der Waals surface area contributed by atoms with Gasteiger partial charge in [-0.1, -0.05) is 6.07 Å². The Balaban J connectivity index is 2.43. The van der Waals surface area contributed by atoms with Crippen LogP contribution in [0.4, 0.5) is 18.9 Å². The molecule has 2 N–H and O–H groups in total. The Kier molecular flexibility index (Phi) is 6.38. The van der Waals surface area contributed by atoms with E-state index in [1.807, 2.05) is 0 Å². The summed E-state index contributed by atoms with van der Waals surface area (Å²) in [7, 11) is 0. The van der Waals surface area contributed by atoms with E-state index in [0.29, 0.717) is 5.56 Å². The van der Waals surface area contributed by atoms with E-state index in [1.54, 1.807) is 6.07 Å². The summed E-state index contributed by atoms with van der Waals surface area (Å²) in [5.74, 6) is 0.0491. The molecule has 0 radical (unpaired) electrons. The van der Waals surface area contributed by atoms with Gasteiger partial charge >= 0.3 is 11.9 Å². The molecule has 0 amide bonds. The van der Waals surface area contributed by atoms with Crippen molar-refractivity contribution in [3.05, 3.63) is 33.9 Å². The number of nitrogens with two attached hydrogens (primary N) is 1. The molecule has 0 aliphatic carbocycles. The molecule has 0 atom stereocenters. The second kappa shape index (κ2) is 7.79. The van der Waals surface area contributed by atoms with Crippen molar-refractivity contribution < 1.29 is 27.6 Å². The van der Waals surface area contributed by atoms with E-state index in [1.165, 1.54) is 12.1 Å². The van der Waals surface area contributed by atoms with Crippen LogP contribution in [0.5, 0.6) is 5.75 Å². The molecule has 1 rings (SSSR count). The minimum atomic E-state index is -4.36. The number of alkyl halides is 3. The Labute approximate surface area is 118 Å². The van der Waals surface area contributed by atoms with Gasteiger partial charge in [-0.05, 0) is 11.6 Å². The normalized spacial score (nSPS) is 11.4. The van der Waals surface area contributed by atoms with Gasteiger partial charge < -0.3 is 15.2 Å². The molecule has 0 aliphatic rings. The summed E-state index contributed by atoms with van der Waals surface area (Å²) < 4.78 is 45.0. The molecule has 0 fully saturated rings. The molecule has 1 aromatic carbocycles. The highest BCUT2D eigenvalue weighted by Gasteiger charge is 2.27. The third kappa shape index (κ3) is 6.41. The van der Waals surface area contributed by atoms with Crippen LogP contribution in [0.2, 0.25) is 0 Å². The van der Waals surface area contributed by atoms with Gasteiger partial charge in [-0.25, -0.2) is 0 Å². The van der Waals surface area contributed by atoms with Crippen LogP contribution < -0.4 is 10.5 Å². The van der Waals surface area contributed by atoms with E-state index in [4.69, 9.17) is 10.5 Å². The van der Waals surface area contributed by atoms with Crippen LogP contribution >= 0.6 is 0 Å². The van der Waals surface area contributed by atoms with Gasteiger partial charge in [-0.3, -0.25) is 10.1 Å². The molecule has 0 saturated heterocycles. The van der Waals surface area contributed by atoms with Gasteiger partial charge in [-0.15, -0.1) is 0 Å². The summed E-state index contributed by atoms with van der Waals surface area (Å²) in [6.45, 7) is -1.29. The van der Waals surface area contributed by atoms with Crippen LogP contribution in [0.15, 0.2) is 18.2 Å². The van der Waals surface area contributed by atoms with Gasteiger partial charge in [-0.2, -0.15) is 13.2 Å². The molecule has 6 nitrogen and oxygen atoms in total. The fraction of sp³-hybridized carbons (Fsp3) is 0.500. The van der Waals surface area contributed by atoms with Crippen LogP contribution in [-0.2, 0) is 11.3 Å². The number of rotatable bonds is 8. The monoisotopic (exact) mass is 308 g/mol. The summed E-state index contributed by atoms with van der Waals surface area (Å²) >= 11 is 0. The van der Waals surface area contributed by atoms with Gasteiger partial charge in [0.25, 0.3) is 0 Å². The van der Waals surface area contributed by atoms with Crippen LogP contribution in [0.3, 0.4) is 0 Å². The third-order valence-corrected chi connectivity index (χ3v) is 2.41. The Hall–Kier alpha value is -1.87. The first-order chi connectivity index (χ1) is 9.83. The number of nitro benzene ring substituents is 1. The average Bonchev–Trinajstić information content (AvgIpc) is 2.41. The maximum atomic E-state index is 11.8. The van der Waals surface area contributed by atoms with Crippen LogP contribution in [0.1, 0.15) is 12.0 Å². The number of hydrogen-bond acceptors (Lipinski definition) is 5. The molecule has 0 spiro atoms. The first-order valence-electron chi connectivity index (χ1n) is 6.08. The number of halogens is 3. The van der Waals surface area contributed by atoms with Crippen molar-refractivity contribution in [3.63, 3.8) is 0 Å². The second-order valence-electron chi connectivity index (χ2n) is 4.13. The predicted molar refractivity (Wildman–Crippen MR) is 68.0 cm³/mol. The molecule has 21 heavy (non-hydrogen) atoms. The lowest BCUT2D eigenvalue weighted by Crippen LogP contribution is -2.18. The zero-order valence-corrected chi connectivity index (χ0v) is 11.1. The van der Waals surface area contributed by atoms with Crippen molar-refractivity contribution >= 4 is 5.69 Å². The Morgan fingerprint density at radius 1 is 1.29 bits per heavy atom. The first kappa shape index (κ1) is 17.2. The molecule has 0 aliphatic heterocycles. The lowest BCUT2D eigenvalue weighted by molar-refractivity contribution is -0.385. The Morgan fingerprint density at radius 2 is 2.00 bits per heavy atom. The second-order valence-corrected chi connectivity index (χ2v) is 4.13. The molecule has 0 aromatic heterocycles. The predicted octanol–water partition coefficient (Wildman–Crippen LogP) is 2.40. The van der Waals surface area contributed by atoms with E-state index in [2.05, 4.69) is 4.74 Å². The van der Waals surface area contributed by atoms with Crippen molar-refractivity contribution in [1.29, 1.82) is 0 Å². The molecule has 0 unspecified atom stereocenters. The maximum Gasteiger partial charge on any atom is 0.411 e. The van der Waals surface area contributed by atoms with Gasteiger partial charge in [0, 0.05) is 19.0 Å². The van der Waals surface area contributed by atoms with Crippen molar-refractivity contribution in [1.82, 2.24) is 0 Å². The molecule has 0 heterocycles. The van der Waals surface area contributed by atoms with Crippen LogP contribution in [0.25, 0.3) is 0 Å². The summed E-state index contributed by atoms with van der Waals surface area (Å²) in [6.07, 6.45) is -4.18. The molecule has 118 valence electrons. The Morgan fingerprint density at radius 3 is 2.57 bits per heavy atom. The van der Waals surface area contributed by atoms with Crippen molar-refractivity contribution in [2.75, 3.05) is 19.8 Å². The molecule has 0 bridgehead atoms. The summed E-state index contributed by atoms with van der Waals surface area (Å²) in [4.78, 5) is 10.3. The van der Waals surface area contributed by atoms with Crippen LogP contribution in [0, 0.1) is 10.1 Å². The molecule has 1 aromatic rings. The number of nitro groups is 1. The summed E-state index contributed by atoms with van der Waals surface area (Å²) in [5.41, 5.74) is 5.75. The first-order valence-corrected chi connectivity index (χ1v) is 6.08. The Bertz CT molecular complexity index is 480. The maximum absolute atomic E-state index is 11.8. The number of hydrogen-bond donors (Lipinski definition) is 1. The standard InChI is InChI=1S/C12H15F3N2O4/c13-12(14,15)8-20-4-1-5-21-11-3-2-9(7-16)6-10(11)17(18)19/h2-3,6H,1,4-5,7-8,16H2. The fourth-order valence-corrected chi connectivity index (χ4v) is 1.49. The lowest BCUT2D eigenvalue weighted by atomic mass is 10.2. The van der Waals surface area contributed by atoms with E-state index < -0.39 is 17.7 Å². The third-order valence-electron chi connectivity index (χ3n) is 2.41. The molecular weight excluding hydrogens is 293 g/mol. The number of benzene rings is 1. The van der Waals surface area contributed by atoms with Crippen LogP contribution in [-0.4, -0.2) is 30.9 Å². The quantitative estimate of drug-likeness (QED) is 0.452. The minimum absolute atomic E-state index is 0.0146. The van der Waals surface area contributed by atoms with Crippen molar-refractivity contribution in [3.8, 4) is 5.75 Å². The smallest absolute Gasteiger partial charge is 0.411 e.